The Morgan fingerprint density at radius 2 is 2.10 bits per heavy atom. The molecule has 4 nitrogen and oxygen atoms in total. The van der Waals surface area contributed by atoms with Gasteiger partial charge in [0.25, 0.3) is 0 Å². The molecule has 21 heavy (non-hydrogen) atoms. The molecule has 6 heteroatoms. The number of halogens is 1. The lowest BCUT2D eigenvalue weighted by Crippen LogP contribution is -2.38. The Balaban J connectivity index is 2.27. The predicted octanol–water partition coefficient (Wildman–Crippen LogP) is 2.87. The molecule has 0 heterocycles. The highest BCUT2D eigenvalue weighted by atomic mass is 79.9. The largest absolute Gasteiger partial charge is 0.271 e. The van der Waals surface area contributed by atoms with Crippen LogP contribution in [0.25, 0.3) is 0 Å². The first-order chi connectivity index (χ1) is 9.82. The van der Waals surface area contributed by atoms with Gasteiger partial charge in [0.2, 0.25) is 0 Å². The smallest absolute Gasteiger partial charge is 0.150 e. The number of sulfone groups is 1. The van der Waals surface area contributed by atoms with E-state index in [-0.39, 0.29) is 17.2 Å². The van der Waals surface area contributed by atoms with Crippen molar-refractivity contribution in [2.24, 2.45) is 11.8 Å². The second kappa shape index (κ2) is 6.77. The molecule has 0 saturated heterocycles. The van der Waals surface area contributed by atoms with Gasteiger partial charge >= 0.3 is 0 Å². The molecule has 1 aliphatic carbocycles. The van der Waals surface area contributed by atoms with E-state index in [1.807, 2.05) is 6.07 Å². The number of hydrogen-bond donors (Lipinski definition) is 2. The Morgan fingerprint density at radius 3 is 2.71 bits per heavy atom. The van der Waals surface area contributed by atoms with Crippen molar-refractivity contribution in [1.29, 1.82) is 0 Å². The maximum Gasteiger partial charge on any atom is 0.150 e. The summed E-state index contributed by atoms with van der Waals surface area (Å²) in [5, 5.41) is -0.237. The molecule has 118 valence electrons. The van der Waals surface area contributed by atoms with Crippen LogP contribution in [0, 0.1) is 12.8 Å². The summed E-state index contributed by atoms with van der Waals surface area (Å²) >= 11 is 3.50. The van der Waals surface area contributed by atoms with Gasteiger partial charge in [-0.3, -0.25) is 11.3 Å². The number of benzene rings is 1. The standard InChI is InChI=1S/C15H23BrN2O2S/c1-10-6-7-12(16)9-14(10)15(18-17)11-4-3-5-13(8-11)21(2,19)20/h6-7,9,11,13,15,18H,3-5,8,17H2,1-2H3. The van der Waals surface area contributed by atoms with Gasteiger partial charge in [-0.25, -0.2) is 8.42 Å². The third-order valence-electron chi connectivity index (χ3n) is 4.50. The Bertz CT molecular complexity index is 604. The summed E-state index contributed by atoms with van der Waals surface area (Å²) in [7, 11) is -2.98. The highest BCUT2D eigenvalue weighted by molar-refractivity contribution is 9.10. The maximum atomic E-state index is 11.8. The first-order valence-corrected chi connectivity index (χ1v) is 9.98. The average molecular weight is 375 g/mol. The topological polar surface area (TPSA) is 72.2 Å². The van der Waals surface area contributed by atoms with E-state index < -0.39 is 9.84 Å². The van der Waals surface area contributed by atoms with Gasteiger partial charge in [0.15, 0.2) is 0 Å². The molecule has 3 N–H and O–H groups in total. The van der Waals surface area contributed by atoms with Gasteiger partial charge in [-0.15, -0.1) is 0 Å². The van der Waals surface area contributed by atoms with Crippen LogP contribution in [0.15, 0.2) is 22.7 Å². The number of nitrogens with two attached hydrogens (primary N) is 1. The highest BCUT2D eigenvalue weighted by Gasteiger charge is 2.33. The molecule has 3 unspecified atom stereocenters. The van der Waals surface area contributed by atoms with Crippen LogP contribution in [0.3, 0.4) is 0 Å². The molecule has 1 saturated carbocycles. The molecule has 1 aromatic carbocycles. The molecule has 0 amide bonds. The van der Waals surface area contributed by atoms with Crippen LogP contribution in [0.1, 0.15) is 42.9 Å². The van der Waals surface area contributed by atoms with E-state index in [1.54, 1.807) is 0 Å². The molecule has 0 aromatic heterocycles. The number of hydrazine groups is 1. The number of aryl methyl sites for hydroxylation is 1. The van der Waals surface area contributed by atoms with Crippen molar-refractivity contribution in [1.82, 2.24) is 5.43 Å². The van der Waals surface area contributed by atoms with Crippen LogP contribution < -0.4 is 11.3 Å². The second-order valence-electron chi connectivity index (χ2n) is 6.02. The molecule has 1 aromatic rings. The van der Waals surface area contributed by atoms with E-state index in [1.165, 1.54) is 11.8 Å². The number of nitrogens with one attached hydrogen (secondary N) is 1. The van der Waals surface area contributed by atoms with Crippen molar-refractivity contribution < 1.29 is 8.42 Å². The van der Waals surface area contributed by atoms with Crippen LogP contribution in [0.2, 0.25) is 0 Å². The van der Waals surface area contributed by atoms with E-state index in [9.17, 15) is 8.42 Å². The number of hydrogen-bond acceptors (Lipinski definition) is 4. The Kier molecular flexibility index (Phi) is 5.46. The molecule has 1 aliphatic rings. The van der Waals surface area contributed by atoms with E-state index >= 15 is 0 Å². The molecule has 0 radical (unpaired) electrons. The van der Waals surface area contributed by atoms with Gasteiger partial charge in [-0.1, -0.05) is 28.4 Å². The van der Waals surface area contributed by atoms with Crippen LogP contribution in [0.4, 0.5) is 0 Å². The third-order valence-corrected chi connectivity index (χ3v) is 6.63. The Hall–Kier alpha value is -0.430. The molecule has 1 fully saturated rings. The van der Waals surface area contributed by atoms with Gasteiger partial charge in [0, 0.05) is 16.8 Å². The van der Waals surface area contributed by atoms with Crippen LogP contribution in [-0.4, -0.2) is 19.9 Å². The van der Waals surface area contributed by atoms with Gasteiger partial charge in [-0.05, 0) is 55.4 Å². The third kappa shape index (κ3) is 4.06. The summed E-state index contributed by atoms with van der Waals surface area (Å²) in [5.41, 5.74) is 5.23. The Morgan fingerprint density at radius 1 is 1.38 bits per heavy atom. The minimum Gasteiger partial charge on any atom is -0.271 e. The van der Waals surface area contributed by atoms with Crippen molar-refractivity contribution >= 4 is 25.8 Å². The summed E-state index contributed by atoms with van der Waals surface area (Å²) in [6.45, 7) is 2.06. The first-order valence-electron chi connectivity index (χ1n) is 7.24. The zero-order valence-electron chi connectivity index (χ0n) is 12.5. The SMILES string of the molecule is Cc1ccc(Br)cc1C(NN)C1CCCC(S(C)(=O)=O)C1. The van der Waals surface area contributed by atoms with Crippen molar-refractivity contribution in [2.45, 2.75) is 43.9 Å². The lowest BCUT2D eigenvalue weighted by atomic mass is 9.80. The molecule has 2 rings (SSSR count). The van der Waals surface area contributed by atoms with E-state index in [2.05, 4.69) is 40.4 Å². The quantitative estimate of drug-likeness (QED) is 0.627. The summed E-state index contributed by atoms with van der Waals surface area (Å²) in [6, 6.07) is 6.13. The van der Waals surface area contributed by atoms with Crippen molar-refractivity contribution in [3.63, 3.8) is 0 Å². The summed E-state index contributed by atoms with van der Waals surface area (Å²) in [4.78, 5) is 0. The fourth-order valence-electron chi connectivity index (χ4n) is 3.30. The van der Waals surface area contributed by atoms with Crippen molar-refractivity contribution in [2.75, 3.05) is 6.26 Å². The second-order valence-corrected chi connectivity index (χ2v) is 9.26. The van der Waals surface area contributed by atoms with Gasteiger partial charge in [0.1, 0.15) is 9.84 Å². The van der Waals surface area contributed by atoms with Crippen LogP contribution in [-0.2, 0) is 9.84 Å². The van der Waals surface area contributed by atoms with Crippen LogP contribution in [0.5, 0.6) is 0 Å². The maximum absolute atomic E-state index is 11.8. The molecular weight excluding hydrogens is 352 g/mol. The lowest BCUT2D eigenvalue weighted by Gasteiger charge is -2.34. The zero-order valence-corrected chi connectivity index (χ0v) is 14.9. The minimum absolute atomic E-state index is 0.00736. The van der Waals surface area contributed by atoms with Gasteiger partial charge < -0.3 is 0 Å². The number of rotatable bonds is 4. The van der Waals surface area contributed by atoms with Crippen molar-refractivity contribution in [3.8, 4) is 0 Å². The summed E-state index contributed by atoms with van der Waals surface area (Å²) in [6.07, 6.45) is 4.74. The molecule has 0 bridgehead atoms. The van der Waals surface area contributed by atoms with E-state index in [0.29, 0.717) is 6.42 Å². The summed E-state index contributed by atoms with van der Waals surface area (Å²) in [5.74, 6) is 6.04. The van der Waals surface area contributed by atoms with Crippen molar-refractivity contribution in [3.05, 3.63) is 33.8 Å². The van der Waals surface area contributed by atoms with Crippen LogP contribution >= 0.6 is 15.9 Å². The average Bonchev–Trinajstić information content (AvgIpc) is 2.43. The molecule has 0 aliphatic heterocycles. The van der Waals surface area contributed by atoms with E-state index in [0.717, 1.165) is 29.3 Å². The monoisotopic (exact) mass is 374 g/mol. The first kappa shape index (κ1) is 16.9. The normalized spacial score (nSPS) is 24.8. The fourth-order valence-corrected chi connectivity index (χ4v) is 4.87. The minimum atomic E-state index is -2.98. The van der Waals surface area contributed by atoms with Gasteiger partial charge in [-0.2, -0.15) is 0 Å². The Labute approximate surface area is 135 Å². The zero-order chi connectivity index (χ0) is 15.6. The molecule has 3 atom stereocenters. The molecular formula is C15H23BrN2O2S. The predicted molar refractivity (Wildman–Crippen MR) is 89.5 cm³/mol. The fraction of sp³-hybridized carbons (Fsp3) is 0.600. The van der Waals surface area contributed by atoms with Gasteiger partial charge in [0.05, 0.1) is 5.25 Å². The highest BCUT2D eigenvalue weighted by Crippen LogP contribution is 2.38. The summed E-state index contributed by atoms with van der Waals surface area (Å²) < 4.78 is 24.7. The lowest BCUT2D eigenvalue weighted by molar-refractivity contribution is 0.274. The molecule has 0 spiro atoms. The van der Waals surface area contributed by atoms with E-state index in [4.69, 9.17) is 5.84 Å².